The molecule has 6 nitrogen and oxygen atoms in total. The summed E-state index contributed by atoms with van der Waals surface area (Å²) >= 11 is 0. The Balaban J connectivity index is 1.78. The summed E-state index contributed by atoms with van der Waals surface area (Å²) in [7, 11) is 0. The summed E-state index contributed by atoms with van der Waals surface area (Å²) in [6.45, 7) is 4.48. The van der Waals surface area contributed by atoms with E-state index in [4.69, 9.17) is 0 Å². The number of aromatic nitrogens is 2. The van der Waals surface area contributed by atoms with Crippen LogP contribution in [0.15, 0.2) is 18.5 Å². The first-order valence-corrected chi connectivity index (χ1v) is 8.28. The molecule has 3 heterocycles. The molecule has 0 aromatic carbocycles. The average molecular weight is 339 g/mol. The van der Waals surface area contributed by atoms with E-state index in [0.29, 0.717) is 18.9 Å². The molecule has 2 saturated heterocycles. The van der Waals surface area contributed by atoms with Gasteiger partial charge in [0.2, 0.25) is 5.95 Å². The first kappa shape index (κ1) is 16.9. The van der Waals surface area contributed by atoms with Gasteiger partial charge in [-0.1, -0.05) is 0 Å². The zero-order chi connectivity index (χ0) is 17.4. The Bertz CT molecular complexity index is 597. The second-order valence-electron chi connectivity index (χ2n) is 6.98. The molecule has 8 heteroatoms. The van der Waals surface area contributed by atoms with Crippen LogP contribution in [0.2, 0.25) is 0 Å². The number of halogens is 2. The summed E-state index contributed by atoms with van der Waals surface area (Å²) in [6, 6.07) is 1.41. The van der Waals surface area contributed by atoms with Crippen molar-refractivity contribution in [1.29, 1.82) is 0 Å². The van der Waals surface area contributed by atoms with Crippen molar-refractivity contribution < 1.29 is 13.6 Å². The van der Waals surface area contributed by atoms with Crippen molar-refractivity contribution in [2.75, 3.05) is 31.1 Å². The van der Waals surface area contributed by atoms with Crippen molar-refractivity contribution in [1.82, 2.24) is 20.2 Å². The second kappa shape index (κ2) is 6.14. The standard InChI is InChI=1S/C16H23F2N5O/c1-12(2)21-14(24)23-9-5-16(17,18)15(11-23)4-8-22(10-15)13-19-6-3-7-20-13/h3,6-7,12H,4-5,8-11H2,1-2H3,(H,21,24)/t15-/m0/s1. The normalized spacial score (nSPS) is 26.2. The number of alkyl halides is 2. The second-order valence-corrected chi connectivity index (χ2v) is 6.98. The van der Waals surface area contributed by atoms with Gasteiger partial charge in [-0.25, -0.2) is 23.5 Å². The molecule has 1 atom stereocenters. The number of rotatable bonds is 2. The van der Waals surface area contributed by atoms with E-state index in [2.05, 4.69) is 15.3 Å². The Labute approximate surface area is 140 Å². The number of hydrogen-bond acceptors (Lipinski definition) is 4. The maximum atomic E-state index is 14.7. The van der Waals surface area contributed by atoms with Crippen LogP contribution < -0.4 is 10.2 Å². The van der Waals surface area contributed by atoms with Gasteiger partial charge in [0.15, 0.2) is 0 Å². The largest absolute Gasteiger partial charge is 0.340 e. The monoisotopic (exact) mass is 339 g/mol. The zero-order valence-corrected chi connectivity index (χ0v) is 14.0. The number of amides is 2. The van der Waals surface area contributed by atoms with Crippen LogP contribution in [0.1, 0.15) is 26.7 Å². The molecule has 0 aliphatic carbocycles. The van der Waals surface area contributed by atoms with Crippen molar-refractivity contribution in [2.24, 2.45) is 5.41 Å². The van der Waals surface area contributed by atoms with Gasteiger partial charge in [-0.2, -0.15) is 0 Å². The topological polar surface area (TPSA) is 61.4 Å². The Hall–Kier alpha value is -1.99. The Kier molecular flexibility index (Phi) is 4.31. The van der Waals surface area contributed by atoms with E-state index < -0.39 is 11.3 Å². The average Bonchev–Trinajstić information content (AvgIpc) is 2.96. The van der Waals surface area contributed by atoms with Gasteiger partial charge in [-0.05, 0) is 26.3 Å². The number of hydrogen-bond donors (Lipinski definition) is 1. The Morgan fingerprint density at radius 3 is 2.58 bits per heavy atom. The van der Waals surface area contributed by atoms with Crippen molar-refractivity contribution in [3.05, 3.63) is 18.5 Å². The number of carbonyl (C=O) groups excluding carboxylic acids is 1. The van der Waals surface area contributed by atoms with Crippen LogP contribution in [0, 0.1) is 5.41 Å². The molecule has 2 aliphatic heterocycles. The molecule has 2 fully saturated rings. The highest BCUT2D eigenvalue weighted by atomic mass is 19.3. The van der Waals surface area contributed by atoms with Crippen molar-refractivity contribution in [3.63, 3.8) is 0 Å². The fraction of sp³-hybridized carbons (Fsp3) is 0.688. The summed E-state index contributed by atoms with van der Waals surface area (Å²) in [5.41, 5.74) is -1.24. The molecule has 1 aromatic rings. The molecular formula is C16H23F2N5O. The SMILES string of the molecule is CC(C)NC(=O)N1CCC(F)(F)[C@]2(CCN(c3ncccn3)C2)C1. The Morgan fingerprint density at radius 2 is 1.92 bits per heavy atom. The highest BCUT2D eigenvalue weighted by molar-refractivity contribution is 5.74. The summed E-state index contributed by atoms with van der Waals surface area (Å²) in [5, 5.41) is 2.79. The summed E-state index contributed by atoms with van der Waals surface area (Å²) in [5.74, 6) is -2.33. The van der Waals surface area contributed by atoms with Crippen LogP contribution in [0.3, 0.4) is 0 Å². The first-order valence-electron chi connectivity index (χ1n) is 8.28. The first-order chi connectivity index (χ1) is 11.3. The number of likely N-dealkylation sites (tertiary alicyclic amines) is 1. The van der Waals surface area contributed by atoms with Crippen LogP contribution in [-0.4, -0.2) is 59.0 Å². The van der Waals surface area contributed by atoms with Gasteiger partial charge >= 0.3 is 6.03 Å². The molecule has 2 amide bonds. The lowest BCUT2D eigenvalue weighted by Gasteiger charge is -2.45. The van der Waals surface area contributed by atoms with Crippen LogP contribution >= 0.6 is 0 Å². The molecule has 1 N–H and O–H groups in total. The third-order valence-electron chi connectivity index (χ3n) is 4.85. The van der Waals surface area contributed by atoms with E-state index in [9.17, 15) is 13.6 Å². The fourth-order valence-corrected chi connectivity index (χ4v) is 3.54. The quantitative estimate of drug-likeness (QED) is 0.897. The van der Waals surface area contributed by atoms with Crippen LogP contribution in [-0.2, 0) is 0 Å². The molecule has 1 aromatic heterocycles. The molecule has 0 bridgehead atoms. The maximum Gasteiger partial charge on any atom is 0.317 e. The Morgan fingerprint density at radius 1 is 1.21 bits per heavy atom. The van der Waals surface area contributed by atoms with Gasteiger partial charge in [-0.3, -0.25) is 0 Å². The smallest absolute Gasteiger partial charge is 0.317 e. The van der Waals surface area contributed by atoms with E-state index >= 15 is 0 Å². The lowest BCUT2D eigenvalue weighted by atomic mass is 9.75. The summed E-state index contributed by atoms with van der Waals surface area (Å²) in [6.07, 6.45) is 3.23. The van der Waals surface area contributed by atoms with Gasteiger partial charge in [0.05, 0.1) is 5.41 Å². The molecule has 1 spiro atoms. The van der Waals surface area contributed by atoms with Crippen molar-refractivity contribution in [2.45, 2.75) is 38.7 Å². The van der Waals surface area contributed by atoms with Crippen LogP contribution in [0.4, 0.5) is 19.5 Å². The molecule has 24 heavy (non-hydrogen) atoms. The lowest BCUT2D eigenvalue weighted by molar-refractivity contribution is -0.149. The van der Waals surface area contributed by atoms with Gasteiger partial charge in [0, 0.05) is 51.0 Å². The third-order valence-corrected chi connectivity index (χ3v) is 4.85. The van der Waals surface area contributed by atoms with Gasteiger partial charge in [0.25, 0.3) is 5.92 Å². The third kappa shape index (κ3) is 3.01. The number of piperidine rings is 1. The van der Waals surface area contributed by atoms with E-state index in [-0.39, 0.29) is 38.1 Å². The molecule has 0 saturated carbocycles. The molecule has 0 unspecified atom stereocenters. The summed E-state index contributed by atoms with van der Waals surface area (Å²) in [4.78, 5) is 23.9. The van der Waals surface area contributed by atoms with E-state index in [1.165, 1.54) is 4.90 Å². The number of anilines is 1. The van der Waals surface area contributed by atoms with E-state index in [1.54, 1.807) is 23.4 Å². The van der Waals surface area contributed by atoms with Crippen LogP contribution in [0.5, 0.6) is 0 Å². The maximum absolute atomic E-state index is 14.7. The molecule has 2 aliphatic rings. The lowest BCUT2D eigenvalue weighted by Crippen LogP contribution is -2.60. The highest BCUT2D eigenvalue weighted by Gasteiger charge is 2.60. The highest BCUT2D eigenvalue weighted by Crippen LogP contribution is 2.49. The number of nitrogens with one attached hydrogen (secondary N) is 1. The number of urea groups is 1. The molecule has 0 radical (unpaired) electrons. The van der Waals surface area contributed by atoms with Crippen molar-refractivity contribution >= 4 is 12.0 Å². The minimum atomic E-state index is -2.80. The molecular weight excluding hydrogens is 316 g/mol. The van der Waals surface area contributed by atoms with E-state index in [0.717, 1.165) is 0 Å². The van der Waals surface area contributed by atoms with Gasteiger partial charge in [0.1, 0.15) is 0 Å². The zero-order valence-electron chi connectivity index (χ0n) is 14.0. The van der Waals surface area contributed by atoms with Crippen molar-refractivity contribution in [3.8, 4) is 0 Å². The predicted molar refractivity (Wildman–Crippen MR) is 86.1 cm³/mol. The predicted octanol–water partition coefficient (Wildman–Crippen LogP) is 2.13. The number of nitrogens with zero attached hydrogens (tertiary/aromatic N) is 4. The summed E-state index contributed by atoms with van der Waals surface area (Å²) < 4.78 is 29.5. The molecule has 132 valence electrons. The number of carbonyl (C=O) groups is 1. The fourth-order valence-electron chi connectivity index (χ4n) is 3.54. The van der Waals surface area contributed by atoms with Gasteiger partial charge in [-0.15, -0.1) is 0 Å². The minimum absolute atomic E-state index is 0.0197. The van der Waals surface area contributed by atoms with Crippen LogP contribution in [0.25, 0.3) is 0 Å². The van der Waals surface area contributed by atoms with E-state index in [1.807, 2.05) is 13.8 Å². The minimum Gasteiger partial charge on any atom is -0.340 e. The molecule has 3 rings (SSSR count). The van der Waals surface area contributed by atoms with Gasteiger partial charge < -0.3 is 15.1 Å².